The van der Waals surface area contributed by atoms with Crippen LogP contribution in [0.25, 0.3) is 10.9 Å². The maximum Gasteiger partial charge on any atom is 0.135 e. The Morgan fingerprint density at radius 1 is 1.28 bits per heavy atom. The Kier molecular flexibility index (Phi) is 4.39. The summed E-state index contributed by atoms with van der Waals surface area (Å²) in [6, 6.07) is 7.77. The minimum atomic E-state index is 0.492. The lowest BCUT2D eigenvalue weighted by Crippen LogP contribution is -1.97. The third kappa shape index (κ3) is 2.92. The number of nitrogens with zero attached hydrogens (tertiary/aromatic N) is 1. The van der Waals surface area contributed by atoms with Gasteiger partial charge >= 0.3 is 0 Å². The number of hydrogen-bond acceptors (Lipinski definition) is 3. The first kappa shape index (κ1) is 13.1. The Labute approximate surface area is 112 Å². The third-order valence-corrected chi connectivity index (χ3v) is 2.98. The van der Waals surface area contributed by atoms with Crippen LogP contribution in [0.4, 0.5) is 0 Å². The summed E-state index contributed by atoms with van der Waals surface area (Å²) in [5.41, 5.74) is 1.75. The molecule has 0 bridgehead atoms. The van der Waals surface area contributed by atoms with Crippen LogP contribution in [0, 0.1) is 0 Å². The molecule has 0 aliphatic heterocycles. The molecule has 3 nitrogen and oxygen atoms in total. The maximum absolute atomic E-state index is 6.15. The lowest BCUT2D eigenvalue weighted by atomic mass is 10.1. The molecule has 0 radical (unpaired) electrons. The zero-order valence-corrected chi connectivity index (χ0v) is 11.3. The first-order valence-electron chi connectivity index (χ1n) is 5.95. The molecule has 0 saturated carbocycles. The van der Waals surface area contributed by atoms with E-state index in [9.17, 15) is 0 Å². The molecule has 0 saturated heterocycles. The van der Waals surface area contributed by atoms with E-state index in [1.165, 1.54) is 0 Å². The van der Waals surface area contributed by atoms with Gasteiger partial charge < -0.3 is 9.47 Å². The van der Waals surface area contributed by atoms with Crippen LogP contribution in [-0.4, -0.2) is 18.7 Å². The average Bonchev–Trinajstić information content (AvgIpc) is 2.39. The van der Waals surface area contributed by atoms with Crippen LogP contribution in [0.5, 0.6) is 5.75 Å². The molecule has 2 rings (SSSR count). The molecule has 0 aliphatic carbocycles. The van der Waals surface area contributed by atoms with Gasteiger partial charge in [-0.1, -0.05) is 18.5 Å². The summed E-state index contributed by atoms with van der Waals surface area (Å²) in [6.45, 7) is 3.31. The topological polar surface area (TPSA) is 31.4 Å². The summed E-state index contributed by atoms with van der Waals surface area (Å²) in [5.74, 6) is 0.779. The van der Waals surface area contributed by atoms with E-state index >= 15 is 0 Å². The van der Waals surface area contributed by atoms with Gasteiger partial charge in [-0.3, -0.25) is 0 Å². The Bertz CT molecular complexity index is 543. The van der Waals surface area contributed by atoms with E-state index in [1.807, 2.05) is 24.3 Å². The van der Waals surface area contributed by atoms with Crippen LogP contribution in [0.1, 0.15) is 18.9 Å². The molecule has 1 aromatic heterocycles. The summed E-state index contributed by atoms with van der Waals surface area (Å²) in [5, 5.41) is 1.53. The predicted molar refractivity (Wildman–Crippen MR) is 73.3 cm³/mol. The fourth-order valence-electron chi connectivity index (χ4n) is 1.72. The van der Waals surface area contributed by atoms with Crippen molar-refractivity contribution in [2.24, 2.45) is 0 Å². The Morgan fingerprint density at radius 2 is 2.11 bits per heavy atom. The highest BCUT2D eigenvalue weighted by Gasteiger charge is 2.06. The maximum atomic E-state index is 6.15. The van der Waals surface area contributed by atoms with Crippen LogP contribution in [-0.2, 0) is 11.3 Å². The minimum absolute atomic E-state index is 0.492. The van der Waals surface area contributed by atoms with Crippen molar-refractivity contribution >= 4 is 22.5 Å². The second kappa shape index (κ2) is 6.03. The van der Waals surface area contributed by atoms with Gasteiger partial charge in [-0.25, -0.2) is 4.98 Å². The van der Waals surface area contributed by atoms with Crippen molar-refractivity contribution in [3.8, 4) is 5.75 Å². The number of halogens is 1. The molecule has 0 atom stereocenters. The van der Waals surface area contributed by atoms with Crippen molar-refractivity contribution in [3.63, 3.8) is 0 Å². The standard InChI is InChI=1S/C14H16ClNO2/c1-3-6-18-9-11-7-10-4-5-12(17-2)8-13(10)16-14(11)15/h4-5,7-8H,3,6,9H2,1-2H3. The summed E-state index contributed by atoms with van der Waals surface area (Å²) >= 11 is 6.15. The van der Waals surface area contributed by atoms with E-state index in [1.54, 1.807) is 7.11 Å². The number of rotatable bonds is 5. The number of hydrogen-bond donors (Lipinski definition) is 0. The van der Waals surface area contributed by atoms with E-state index in [0.717, 1.165) is 35.2 Å². The van der Waals surface area contributed by atoms with Gasteiger partial charge in [0, 0.05) is 23.6 Å². The van der Waals surface area contributed by atoms with Crippen molar-refractivity contribution < 1.29 is 9.47 Å². The van der Waals surface area contributed by atoms with Gasteiger partial charge in [0.25, 0.3) is 0 Å². The van der Waals surface area contributed by atoms with Gasteiger partial charge in [-0.15, -0.1) is 0 Å². The molecule has 0 aliphatic rings. The van der Waals surface area contributed by atoms with E-state index in [4.69, 9.17) is 21.1 Å². The van der Waals surface area contributed by atoms with Crippen LogP contribution in [0.15, 0.2) is 24.3 Å². The van der Waals surface area contributed by atoms with Crippen molar-refractivity contribution in [2.75, 3.05) is 13.7 Å². The number of aromatic nitrogens is 1. The van der Waals surface area contributed by atoms with Crippen molar-refractivity contribution in [3.05, 3.63) is 35.0 Å². The summed E-state index contributed by atoms with van der Waals surface area (Å²) in [6.07, 6.45) is 0.996. The fraction of sp³-hybridized carbons (Fsp3) is 0.357. The van der Waals surface area contributed by atoms with E-state index in [2.05, 4.69) is 11.9 Å². The highest BCUT2D eigenvalue weighted by atomic mass is 35.5. The second-order valence-corrected chi connectivity index (χ2v) is 4.41. The largest absolute Gasteiger partial charge is 0.497 e. The lowest BCUT2D eigenvalue weighted by Gasteiger charge is -2.07. The smallest absolute Gasteiger partial charge is 0.135 e. The van der Waals surface area contributed by atoms with Gasteiger partial charge in [0.1, 0.15) is 10.9 Å². The number of methoxy groups -OCH3 is 1. The van der Waals surface area contributed by atoms with Crippen LogP contribution < -0.4 is 4.74 Å². The molecule has 4 heteroatoms. The molecule has 1 heterocycles. The lowest BCUT2D eigenvalue weighted by molar-refractivity contribution is 0.121. The molecule has 0 spiro atoms. The average molecular weight is 266 g/mol. The molecule has 0 unspecified atom stereocenters. The van der Waals surface area contributed by atoms with Crippen molar-refractivity contribution in [2.45, 2.75) is 20.0 Å². The predicted octanol–water partition coefficient (Wildman–Crippen LogP) is 3.82. The number of ether oxygens (including phenoxy) is 2. The third-order valence-electron chi connectivity index (χ3n) is 2.66. The zero-order valence-electron chi connectivity index (χ0n) is 10.6. The Balaban J connectivity index is 2.30. The molecule has 2 aromatic rings. The quantitative estimate of drug-likeness (QED) is 0.608. The summed E-state index contributed by atoms with van der Waals surface area (Å²) in [7, 11) is 1.63. The number of pyridine rings is 1. The zero-order chi connectivity index (χ0) is 13.0. The van der Waals surface area contributed by atoms with Gasteiger partial charge in [0.2, 0.25) is 0 Å². The van der Waals surface area contributed by atoms with Gasteiger partial charge in [-0.05, 0) is 24.6 Å². The summed E-state index contributed by atoms with van der Waals surface area (Å²) in [4.78, 5) is 4.37. The van der Waals surface area contributed by atoms with Gasteiger partial charge in [0.15, 0.2) is 0 Å². The minimum Gasteiger partial charge on any atom is -0.497 e. The van der Waals surface area contributed by atoms with Crippen LogP contribution in [0.2, 0.25) is 5.15 Å². The first-order chi connectivity index (χ1) is 8.74. The Hall–Kier alpha value is -1.32. The highest BCUT2D eigenvalue weighted by Crippen LogP contribution is 2.24. The molecular formula is C14H16ClNO2. The van der Waals surface area contributed by atoms with E-state index < -0.39 is 0 Å². The van der Waals surface area contributed by atoms with Crippen molar-refractivity contribution in [1.29, 1.82) is 0 Å². The molecule has 96 valence electrons. The van der Waals surface area contributed by atoms with E-state index in [0.29, 0.717) is 11.8 Å². The van der Waals surface area contributed by atoms with Crippen LogP contribution in [0.3, 0.4) is 0 Å². The SMILES string of the molecule is CCCOCc1cc2ccc(OC)cc2nc1Cl. The fourth-order valence-corrected chi connectivity index (χ4v) is 1.92. The Morgan fingerprint density at radius 3 is 2.83 bits per heavy atom. The van der Waals surface area contributed by atoms with Gasteiger partial charge in [0.05, 0.1) is 19.2 Å². The van der Waals surface area contributed by atoms with E-state index in [-0.39, 0.29) is 0 Å². The summed E-state index contributed by atoms with van der Waals surface area (Å²) < 4.78 is 10.7. The monoisotopic (exact) mass is 265 g/mol. The molecule has 0 N–H and O–H groups in total. The molecule has 18 heavy (non-hydrogen) atoms. The molecule has 0 fully saturated rings. The highest BCUT2D eigenvalue weighted by molar-refractivity contribution is 6.30. The number of fused-ring (bicyclic) bond motifs is 1. The van der Waals surface area contributed by atoms with Crippen molar-refractivity contribution in [1.82, 2.24) is 4.98 Å². The first-order valence-corrected chi connectivity index (χ1v) is 6.33. The molecular weight excluding hydrogens is 250 g/mol. The number of benzene rings is 1. The van der Waals surface area contributed by atoms with Gasteiger partial charge in [-0.2, -0.15) is 0 Å². The molecule has 1 aromatic carbocycles. The van der Waals surface area contributed by atoms with Crippen LogP contribution >= 0.6 is 11.6 Å². The normalized spacial score (nSPS) is 10.8. The second-order valence-electron chi connectivity index (χ2n) is 4.05. The molecule has 0 amide bonds.